The van der Waals surface area contributed by atoms with Gasteiger partial charge in [0.1, 0.15) is 5.60 Å². The zero-order chi connectivity index (χ0) is 9.61. The Morgan fingerprint density at radius 3 is 2.33 bits per heavy atom. The van der Waals surface area contributed by atoms with Crippen LogP contribution in [0.4, 0.5) is 0 Å². The lowest BCUT2D eigenvalue weighted by Gasteiger charge is -2.29. The molecule has 0 spiro atoms. The van der Waals surface area contributed by atoms with E-state index in [0.717, 1.165) is 6.42 Å². The summed E-state index contributed by atoms with van der Waals surface area (Å²) in [7, 11) is 0. The third-order valence-electron chi connectivity index (χ3n) is 2.07. The lowest BCUT2D eigenvalue weighted by Crippen LogP contribution is -2.39. The number of hydrogen-bond donors (Lipinski definition) is 2. The Morgan fingerprint density at radius 2 is 2.00 bits per heavy atom. The van der Waals surface area contributed by atoms with Crippen molar-refractivity contribution in [2.75, 3.05) is 0 Å². The van der Waals surface area contributed by atoms with Crippen molar-refractivity contribution in [1.82, 2.24) is 0 Å². The molecule has 72 valence electrons. The summed E-state index contributed by atoms with van der Waals surface area (Å²) in [6.07, 6.45) is 4.90. The highest BCUT2D eigenvalue weighted by Crippen LogP contribution is 2.21. The van der Waals surface area contributed by atoms with Gasteiger partial charge in [-0.2, -0.15) is 0 Å². The molecule has 0 aliphatic carbocycles. The normalized spacial score (nSPS) is 19.4. The second-order valence-corrected chi connectivity index (χ2v) is 3.17. The van der Waals surface area contributed by atoms with Crippen molar-refractivity contribution < 1.29 is 10.2 Å². The van der Waals surface area contributed by atoms with Gasteiger partial charge < -0.3 is 10.2 Å². The minimum Gasteiger partial charge on any atom is -0.390 e. The summed E-state index contributed by atoms with van der Waals surface area (Å²) in [5, 5.41) is 19.5. The fraction of sp³-hybridized carbons (Fsp3) is 0.800. The van der Waals surface area contributed by atoms with E-state index in [4.69, 9.17) is 0 Å². The van der Waals surface area contributed by atoms with E-state index >= 15 is 0 Å². The van der Waals surface area contributed by atoms with Crippen LogP contribution in [0.15, 0.2) is 12.2 Å². The van der Waals surface area contributed by atoms with Crippen LogP contribution in [0.1, 0.15) is 40.0 Å². The molecule has 2 atom stereocenters. The van der Waals surface area contributed by atoms with Crippen LogP contribution in [0, 0.1) is 0 Å². The van der Waals surface area contributed by atoms with Gasteiger partial charge in [0.2, 0.25) is 0 Å². The Labute approximate surface area is 74.9 Å². The molecular formula is C10H20O2. The number of aliphatic hydroxyl groups is 2. The van der Waals surface area contributed by atoms with E-state index in [9.17, 15) is 10.2 Å². The molecule has 12 heavy (non-hydrogen) atoms. The average molecular weight is 172 g/mol. The third-order valence-corrected chi connectivity index (χ3v) is 2.07. The van der Waals surface area contributed by atoms with Crippen molar-refractivity contribution in [3.05, 3.63) is 12.2 Å². The highest BCUT2D eigenvalue weighted by Gasteiger charge is 2.29. The van der Waals surface area contributed by atoms with Gasteiger partial charge in [0.25, 0.3) is 0 Å². The molecule has 0 heterocycles. The molecule has 0 radical (unpaired) electrons. The SMILES string of the molecule is C/C=C/C(O)(CCC)C(O)CC. The van der Waals surface area contributed by atoms with Crippen LogP contribution < -0.4 is 0 Å². The summed E-state index contributed by atoms with van der Waals surface area (Å²) in [6, 6.07) is 0. The summed E-state index contributed by atoms with van der Waals surface area (Å²) in [6.45, 7) is 5.72. The monoisotopic (exact) mass is 172 g/mol. The Kier molecular flexibility index (Phi) is 5.18. The van der Waals surface area contributed by atoms with Crippen LogP contribution in [0.25, 0.3) is 0 Å². The molecule has 0 aromatic heterocycles. The number of hydrogen-bond acceptors (Lipinski definition) is 2. The maximum atomic E-state index is 9.94. The van der Waals surface area contributed by atoms with E-state index in [1.54, 1.807) is 12.2 Å². The summed E-state index contributed by atoms with van der Waals surface area (Å²) in [5.41, 5.74) is -1.02. The molecular weight excluding hydrogens is 152 g/mol. The van der Waals surface area contributed by atoms with Gasteiger partial charge in [-0.1, -0.05) is 32.4 Å². The first-order valence-electron chi connectivity index (χ1n) is 4.65. The summed E-state index contributed by atoms with van der Waals surface area (Å²) in [4.78, 5) is 0. The molecule has 2 N–H and O–H groups in total. The van der Waals surface area contributed by atoms with Crippen molar-refractivity contribution in [1.29, 1.82) is 0 Å². The standard InChI is InChI=1S/C10H20O2/c1-4-7-10(12,8-5-2)9(11)6-3/h4,7,9,11-12H,5-6,8H2,1-3H3/b7-4+. The molecule has 0 bridgehead atoms. The highest BCUT2D eigenvalue weighted by molar-refractivity contribution is 5.03. The molecule has 0 aliphatic rings. The van der Waals surface area contributed by atoms with Gasteiger partial charge in [-0.05, 0) is 19.8 Å². The van der Waals surface area contributed by atoms with E-state index in [-0.39, 0.29) is 0 Å². The van der Waals surface area contributed by atoms with Gasteiger partial charge in [-0.25, -0.2) is 0 Å². The number of aliphatic hydroxyl groups excluding tert-OH is 1. The van der Waals surface area contributed by atoms with Crippen LogP contribution in [0.5, 0.6) is 0 Å². The lowest BCUT2D eigenvalue weighted by molar-refractivity contribution is -0.0464. The minimum atomic E-state index is -1.02. The summed E-state index contributed by atoms with van der Waals surface area (Å²) < 4.78 is 0. The van der Waals surface area contributed by atoms with E-state index < -0.39 is 11.7 Å². The van der Waals surface area contributed by atoms with Gasteiger partial charge in [-0.3, -0.25) is 0 Å². The molecule has 0 aromatic carbocycles. The Morgan fingerprint density at radius 1 is 1.42 bits per heavy atom. The van der Waals surface area contributed by atoms with Crippen LogP contribution in [0.3, 0.4) is 0 Å². The van der Waals surface area contributed by atoms with Gasteiger partial charge in [0, 0.05) is 0 Å². The molecule has 0 aromatic rings. The smallest absolute Gasteiger partial charge is 0.108 e. The van der Waals surface area contributed by atoms with Gasteiger partial charge in [0.15, 0.2) is 0 Å². The van der Waals surface area contributed by atoms with Crippen LogP contribution in [-0.4, -0.2) is 21.9 Å². The second-order valence-electron chi connectivity index (χ2n) is 3.17. The largest absolute Gasteiger partial charge is 0.390 e. The average Bonchev–Trinajstić information content (AvgIpc) is 2.04. The first-order chi connectivity index (χ1) is 5.60. The van der Waals surface area contributed by atoms with Crippen molar-refractivity contribution in [3.8, 4) is 0 Å². The molecule has 2 heteroatoms. The van der Waals surface area contributed by atoms with Crippen LogP contribution in [0.2, 0.25) is 0 Å². The van der Waals surface area contributed by atoms with E-state index in [0.29, 0.717) is 12.8 Å². The van der Waals surface area contributed by atoms with Crippen LogP contribution >= 0.6 is 0 Å². The molecule has 0 rings (SSSR count). The van der Waals surface area contributed by atoms with Crippen LogP contribution in [-0.2, 0) is 0 Å². The predicted octanol–water partition coefficient (Wildman–Crippen LogP) is 1.86. The van der Waals surface area contributed by atoms with Gasteiger partial charge >= 0.3 is 0 Å². The summed E-state index contributed by atoms with van der Waals surface area (Å²) in [5.74, 6) is 0. The predicted molar refractivity (Wildman–Crippen MR) is 51.0 cm³/mol. The third kappa shape index (κ3) is 2.95. The minimum absolute atomic E-state index is 0.584. The maximum absolute atomic E-state index is 9.94. The molecule has 2 nitrogen and oxygen atoms in total. The number of rotatable bonds is 5. The number of allylic oxidation sites excluding steroid dienone is 1. The molecule has 0 saturated carbocycles. The lowest BCUT2D eigenvalue weighted by atomic mass is 9.89. The van der Waals surface area contributed by atoms with E-state index in [2.05, 4.69) is 0 Å². The molecule has 0 fully saturated rings. The van der Waals surface area contributed by atoms with Crippen molar-refractivity contribution >= 4 is 0 Å². The molecule has 0 amide bonds. The fourth-order valence-electron chi connectivity index (χ4n) is 1.40. The van der Waals surface area contributed by atoms with E-state index in [1.165, 1.54) is 0 Å². The molecule has 2 unspecified atom stereocenters. The zero-order valence-electron chi connectivity index (χ0n) is 8.25. The van der Waals surface area contributed by atoms with Crippen molar-refractivity contribution in [2.24, 2.45) is 0 Å². The highest BCUT2D eigenvalue weighted by atomic mass is 16.3. The van der Waals surface area contributed by atoms with Gasteiger partial charge in [0.05, 0.1) is 6.10 Å². The topological polar surface area (TPSA) is 40.5 Å². The Hall–Kier alpha value is -0.340. The molecule has 0 aliphatic heterocycles. The zero-order valence-corrected chi connectivity index (χ0v) is 8.25. The van der Waals surface area contributed by atoms with E-state index in [1.807, 2.05) is 20.8 Å². The quantitative estimate of drug-likeness (QED) is 0.621. The first kappa shape index (κ1) is 11.7. The Bertz CT molecular complexity index is 143. The first-order valence-corrected chi connectivity index (χ1v) is 4.65. The fourth-order valence-corrected chi connectivity index (χ4v) is 1.40. The Balaban J connectivity index is 4.36. The maximum Gasteiger partial charge on any atom is 0.108 e. The second kappa shape index (κ2) is 5.33. The van der Waals surface area contributed by atoms with Crippen molar-refractivity contribution in [2.45, 2.75) is 51.7 Å². The molecule has 0 saturated heterocycles. The summed E-state index contributed by atoms with van der Waals surface area (Å²) >= 11 is 0. The van der Waals surface area contributed by atoms with Gasteiger partial charge in [-0.15, -0.1) is 0 Å². The van der Waals surface area contributed by atoms with Crippen molar-refractivity contribution in [3.63, 3.8) is 0 Å².